The van der Waals surface area contributed by atoms with Gasteiger partial charge in [-0.2, -0.15) is 0 Å². The van der Waals surface area contributed by atoms with Crippen molar-refractivity contribution in [2.24, 2.45) is 0 Å². The van der Waals surface area contributed by atoms with Gasteiger partial charge in [0.1, 0.15) is 11.5 Å². The summed E-state index contributed by atoms with van der Waals surface area (Å²) in [5.41, 5.74) is 0.609. The maximum Gasteiger partial charge on any atom is 0.208 e. The number of H-pyrrole nitrogens is 1. The molecule has 1 aliphatic heterocycles. The molecular weight excluding hydrogens is 360 g/mol. The van der Waals surface area contributed by atoms with E-state index in [1.54, 1.807) is 30.5 Å². The second-order valence-electron chi connectivity index (χ2n) is 6.86. The highest BCUT2D eigenvalue weighted by Crippen LogP contribution is 2.29. The van der Waals surface area contributed by atoms with Crippen LogP contribution in [0.5, 0.6) is 0 Å². The third-order valence-electron chi connectivity index (χ3n) is 5.07. The Kier molecular flexibility index (Phi) is 4.88. The Labute approximate surface area is 159 Å². The smallest absolute Gasteiger partial charge is 0.208 e. The van der Waals surface area contributed by atoms with Crippen molar-refractivity contribution in [2.75, 3.05) is 37.6 Å². The number of piperazine rings is 1. The van der Waals surface area contributed by atoms with Crippen LogP contribution in [-0.4, -0.2) is 56.0 Å². The zero-order valence-corrected chi connectivity index (χ0v) is 16.2. The molecule has 0 spiro atoms. The SMILES string of the molecule is CCCN1CCN(c2ccc3c(S(=O)(=O)c4ccccc4)c[nH]c3n2)CC1. The molecule has 3 heterocycles. The summed E-state index contributed by atoms with van der Waals surface area (Å²) < 4.78 is 25.9. The van der Waals surface area contributed by atoms with E-state index in [1.165, 1.54) is 6.42 Å². The third-order valence-corrected chi connectivity index (χ3v) is 6.87. The van der Waals surface area contributed by atoms with Crippen molar-refractivity contribution in [3.05, 3.63) is 48.7 Å². The molecule has 27 heavy (non-hydrogen) atoms. The maximum atomic E-state index is 12.9. The summed E-state index contributed by atoms with van der Waals surface area (Å²) in [4.78, 5) is 13.0. The summed E-state index contributed by atoms with van der Waals surface area (Å²) in [5.74, 6) is 0.893. The lowest BCUT2D eigenvalue weighted by molar-refractivity contribution is 0.258. The van der Waals surface area contributed by atoms with Gasteiger partial charge >= 0.3 is 0 Å². The number of fused-ring (bicyclic) bond motifs is 1. The van der Waals surface area contributed by atoms with Gasteiger partial charge in [0.05, 0.1) is 9.79 Å². The highest BCUT2D eigenvalue weighted by Gasteiger charge is 2.23. The number of aromatic nitrogens is 2. The van der Waals surface area contributed by atoms with Gasteiger partial charge in [0, 0.05) is 37.8 Å². The molecule has 3 aromatic rings. The van der Waals surface area contributed by atoms with Crippen molar-refractivity contribution < 1.29 is 8.42 Å². The van der Waals surface area contributed by atoms with Crippen molar-refractivity contribution in [3.8, 4) is 0 Å². The maximum absolute atomic E-state index is 12.9. The van der Waals surface area contributed by atoms with Gasteiger partial charge in [0.2, 0.25) is 9.84 Å². The van der Waals surface area contributed by atoms with Gasteiger partial charge < -0.3 is 9.88 Å². The summed E-state index contributed by atoms with van der Waals surface area (Å²) >= 11 is 0. The molecular formula is C20H24N4O2S. The Hall–Kier alpha value is -2.38. The molecule has 7 heteroatoms. The van der Waals surface area contributed by atoms with Crippen molar-refractivity contribution in [3.63, 3.8) is 0 Å². The molecule has 4 rings (SSSR count). The Bertz CT molecular complexity index is 1020. The van der Waals surface area contributed by atoms with E-state index < -0.39 is 9.84 Å². The van der Waals surface area contributed by atoms with Gasteiger partial charge in [-0.25, -0.2) is 13.4 Å². The number of aromatic amines is 1. The van der Waals surface area contributed by atoms with E-state index in [4.69, 9.17) is 0 Å². The van der Waals surface area contributed by atoms with Gasteiger partial charge in [0.25, 0.3) is 0 Å². The first-order chi connectivity index (χ1) is 13.1. The molecule has 0 amide bonds. The number of hydrogen-bond donors (Lipinski definition) is 1. The van der Waals surface area contributed by atoms with Gasteiger partial charge in [-0.05, 0) is 37.2 Å². The van der Waals surface area contributed by atoms with Crippen LogP contribution in [0.4, 0.5) is 5.82 Å². The fourth-order valence-corrected chi connectivity index (χ4v) is 5.05. The normalized spacial score (nSPS) is 16.1. The first kappa shape index (κ1) is 18.0. The second-order valence-corrected chi connectivity index (χ2v) is 8.78. The minimum atomic E-state index is -3.57. The molecule has 0 atom stereocenters. The summed E-state index contributed by atoms with van der Waals surface area (Å²) in [6.45, 7) is 7.28. The van der Waals surface area contributed by atoms with Crippen LogP contribution in [0.25, 0.3) is 11.0 Å². The number of sulfone groups is 1. The summed E-state index contributed by atoms with van der Waals surface area (Å²) in [6, 6.07) is 12.3. The monoisotopic (exact) mass is 384 g/mol. The number of hydrogen-bond acceptors (Lipinski definition) is 5. The Morgan fingerprint density at radius 3 is 2.48 bits per heavy atom. The van der Waals surface area contributed by atoms with Gasteiger partial charge in [-0.1, -0.05) is 25.1 Å². The predicted octanol–water partition coefficient (Wildman–Crippen LogP) is 2.93. The van der Waals surface area contributed by atoms with Crippen LogP contribution in [0.2, 0.25) is 0 Å². The molecule has 1 fully saturated rings. The van der Waals surface area contributed by atoms with Crippen LogP contribution in [-0.2, 0) is 9.84 Å². The Balaban J connectivity index is 1.61. The van der Waals surface area contributed by atoms with Gasteiger partial charge in [-0.15, -0.1) is 0 Å². The van der Waals surface area contributed by atoms with E-state index in [-0.39, 0.29) is 4.90 Å². The summed E-state index contributed by atoms with van der Waals surface area (Å²) in [7, 11) is -3.57. The number of pyridine rings is 1. The molecule has 2 aromatic heterocycles. The quantitative estimate of drug-likeness (QED) is 0.732. The van der Waals surface area contributed by atoms with Crippen LogP contribution in [0.3, 0.4) is 0 Å². The minimum absolute atomic E-state index is 0.274. The molecule has 0 saturated carbocycles. The molecule has 0 unspecified atom stereocenters. The fourth-order valence-electron chi connectivity index (χ4n) is 3.61. The fraction of sp³-hybridized carbons (Fsp3) is 0.350. The van der Waals surface area contributed by atoms with E-state index in [0.717, 1.165) is 38.5 Å². The van der Waals surface area contributed by atoms with Crippen molar-refractivity contribution in [1.82, 2.24) is 14.9 Å². The van der Waals surface area contributed by atoms with Crippen LogP contribution < -0.4 is 4.90 Å². The molecule has 0 aliphatic carbocycles. The van der Waals surface area contributed by atoms with E-state index >= 15 is 0 Å². The Morgan fingerprint density at radius 1 is 1.04 bits per heavy atom. The number of benzene rings is 1. The number of nitrogens with zero attached hydrogens (tertiary/aromatic N) is 3. The standard InChI is InChI=1S/C20H24N4O2S/c1-2-10-23-11-13-24(14-12-23)19-9-8-17-18(15-21-20(17)22-19)27(25,26)16-6-4-3-5-7-16/h3-9,15H,2,10-14H2,1H3,(H,21,22). The topological polar surface area (TPSA) is 69.3 Å². The molecule has 0 bridgehead atoms. The molecule has 0 radical (unpaired) electrons. The van der Waals surface area contributed by atoms with Crippen LogP contribution in [0.15, 0.2) is 58.5 Å². The van der Waals surface area contributed by atoms with Gasteiger partial charge in [0.15, 0.2) is 0 Å². The molecule has 1 aliphatic rings. The van der Waals surface area contributed by atoms with E-state index in [2.05, 4.69) is 26.7 Å². The van der Waals surface area contributed by atoms with Crippen LogP contribution >= 0.6 is 0 Å². The molecule has 1 saturated heterocycles. The lowest BCUT2D eigenvalue weighted by atomic mass is 10.2. The number of rotatable bonds is 5. The highest BCUT2D eigenvalue weighted by molar-refractivity contribution is 7.91. The Morgan fingerprint density at radius 2 is 1.78 bits per heavy atom. The van der Waals surface area contributed by atoms with E-state index in [9.17, 15) is 8.42 Å². The van der Waals surface area contributed by atoms with E-state index in [0.29, 0.717) is 15.9 Å². The predicted molar refractivity (Wildman–Crippen MR) is 107 cm³/mol. The largest absolute Gasteiger partial charge is 0.354 e. The number of nitrogens with one attached hydrogen (secondary N) is 1. The zero-order valence-electron chi connectivity index (χ0n) is 15.4. The number of anilines is 1. The molecule has 142 valence electrons. The van der Waals surface area contributed by atoms with E-state index in [1.807, 2.05) is 18.2 Å². The molecule has 1 N–H and O–H groups in total. The second kappa shape index (κ2) is 7.32. The van der Waals surface area contributed by atoms with Gasteiger partial charge in [-0.3, -0.25) is 4.90 Å². The first-order valence-corrected chi connectivity index (χ1v) is 10.8. The lowest BCUT2D eigenvalue weighted by Crippen LogP contribution is -2.46. The zero-order chi connectivity index (χ0) is 18.9. The summed E-state index contributed by atoms with van der Waals surface area (Å²) in [5, 5.41) is 0.632. The third kappa shape index (κ3) is 3.44. The minimum Gasteiger partial charge on any atom is -0.354 e. The molecule has 6 nitrogen and oxygen atoms in total. The van der Waals surface area contributed by atoms with Crippen molar-refractivity contribution >= 4 is 26.7 Å². The van der Waals surface area contributed by atoms with Crippen molar-refractivity contribution in [2.45, 2.75) is 23.1 Å². The molecule has 1 aromatic carbocycles. The highest BCUT2D eigenvalue weighted by atomic mass is 32.2. The summed E-state index contributed by atoms with van der Waals surface area (Å²) in [6.07, 6.45) is 2.72. The van der Waals surface area contributed by atoms with Crippen LogP contribution in [0.1, 0.15) is 13.3 Å². The average molecular weight is 385 g/mol. The first-order valence-electron chi connectivity index (χ1n) is 9.35. The van der Waals surface area contributed by atoms with Crippen LogP contribution in [0, 0.1) is 0 Å². The average Bonchev–Trinajstić information content (AvgIpc) is 3.13. The van der Waals surface area contributed by atoms with Crippen molar-refractivity contribution in [1.29, 1.82) is 0 Å². The lowest BCUT2D eigenvalue weighted by Gasteiger charge is -2.35.